The summed E-state index contributed by atoms with van der Waals surface area (Å²) < 4.78 is 16.5. The molecule has 0 saturated heterocycles. The van der Waals surface area contributed by atoms with Crippen LogP contribution in [0, 0.1) is 34.5 Å². The van der Waals surface area contributed by atoms with Crippen LogP contribution in [0.2, 0.25) is 0 Å². The molecule has 0 heterocycles. The Labute approximate surface area is 190 Å². The normalized spacial score (nSPS) is 47.4. The Kier molecular flexibility index (Phi) is 5.88. The van der Waals surface area contributed by atoms with Crippen LogP contribution in [0.15, 0.2) is 0 Å². The molecule has 4 aliphatic carbocycles. The highest BCUT2D eigenvalue weighted by atomic mass is 16.6. The van der Waals surface area contributed by atoms with E-state index in [1.54, 1.807) is 0 Å². The van der Waals surface area contributed by atoms with Gasteiger partial charge in [0.05, 0.1) is 18.6 Å². The second-order valence-electron chi connectivity index (χ2n) is 11.2. The maximum Gasteiger partial charge on any atom is 0.309 e. The number of ether oxygens (including phenoxy) is 3. The zero-order chi connectivity index (χ0) is 23.5. The van der Waals surface area contributed by atoms with E-state index in [2.05, 4.69) is 6.92 Å². The minimum absolute atomic E-state index is 0.0294. The molecule has 0 spiro atoms. The lowest BCUT2D eigenvalue weighted by atomic mass is 9.42. The van der Waals surface area contributed by atoms with Crippen LogP contribution >= 0.6 is 0 Å². The molecule has 7 heteroatoms. The van der Waals surface area contributed by atoms with Crippen LogP contribution in [0.1, 0.15) is 79.1 Å². The molecule has 4 aliphatic rings. The van der Waals surface area contributed by atoms with Gasteiger partial charge in [-0.3, -0.25) is 14.4 Å². The first kappa shape index (κ1) is 23.5. The molecule has 4 rings (SSSR count). The Morgan fingerprint density at radius 1 is 0.875 bits per heavy atom. The van der Waals surface area contributed by atoms with Gasteiger partial charge in [0.25, 0.3) is 0 Å². The summed E-state index contributed by atoms with van der Waals surface area (Å²) >= 11 is 0. The van der Waals surface area contributed by atoms with Gasteiger partial charge in [-0.25, -0.2) is 0 Å². The molecular formula is C25H38O7. The van der Waals surface area contributed by atoms with Crippen LogP contribution in [0.4, 0.5) is 0 Å². The fourth-order valence-corrected chi connectivity index (χ4v) is 8.38. The SMILES string of the molecule is COC(=O)C1CCC2(O)C3CCC4CC(OC(C)=O)CCC4(C)C3CC(OC(C)=O)C12C. The number of hydrogen-bond donors (Lipinski definition) is 1. The monoisotopic (exact) mass is 450 g/mol. The third-order valence-corrected chi connectivity index (χ3v) is 9.99. The predicted octanol–water partition coefficient (Wildman–Crippen LogP) is 3.41. The van der Waals surface area contributed by atoms with Crippen molar-refractivity contribution in [1.29, 1.82) is 0 Å². The molecule has 0 bridgehead atoms. The van der Waals surface area contributed by atoms with Gasteiger partial charge in [-0.1, -0.05) is 13.8 Å². The zero-order valence-electron chi connectivity index (χ0n) is 20.0. The molecule has 32 heavy (non-hydrogen) atoms. The van der Waals surface area contributed by atoms with E-state index in [1.165, 1.54) is 21.0 Å². The minimum atomic E-state index is -1.09. The molecule has 0 aliphatic heterocycles. The van der Waals surface area contributed by atoms with Crippen molar-refractivity contribution in [2.75, 3.05) is 7.11 Å². The lowest BCUT2D eigenvalue weighted by Crippen LogP contribution is -2.68. The highest BCUT2D eigenvalue weighted by Crippen LogP contribution is 2.69. The lowest BCUT2D eigenvalue weighted by molar-refractivity contribution is -0.254. The molecule has 4 fully saturated rings. The quantitative estimate of drug-likeness (QED) is 0.520. The molecule has 9 atom stereocenters. The van der Waals surface area contributed by atoms with Gasteiger partial charge in [-0.05, 0) is 74.5 Å². The molecule has 9 unspecified atom stereocenters. The molecule has 180 valence electrons. The zero-order valence-corrected chi connectivity index (χ0v) is 20.0. The second-order valence-corrected chi connectivity index (χ2v) is 11.2. The molecule has 0 radical (unpaired) electrons. The van der Waals surface area contributed by atoms with Crippen LogP contribution in [0.5, 0.6) is 0 Å². The van der Waals surface area contributed by atoms with Gasteiger partial charge in [0, 0.05) is 19.3 Å². The molecule has 4 saturated carbocycles. The van der Waals surface area contributed by atoms with Crippen LogP contribution in [0.3, 0.4) is 0 Å². The first-order valence-corrected chi connectivity index (χ1v) is 12.1. The third-order valence-electron chi connectivity index (χ3n) is 9.99. The van der Waals surface area contributed by atoms with E-state index in [9.17, 15) is 19.5 Å². The smallest absolute Gasteiger partial charge is 0.309 e. The van der Waals surface area contributed by atoms with Gasteiger partial charge >= 0.3 is 17.9 Å². The second kappa shape index (κ2) is 8.00. The van der Waals surface area contributed by atoms with Crippen LogP contribution in [-0.2, 0) is 28.6 Å². The summed E-state index contributed by atoms with van der Waals surface area (Å²) in [4.78, 5) is 36.3. The third kappa shape index (κ3) is 3.29. The van der Waals surface area contributed by atoms with Crippen molar-refractivity contribution in [2.24, 2.45) is 34.5 Å². The van der Waals surface area contributed by atoms with E-state index in [4.69, 9.17) is 14.2 Å². The summed E-state index contributed by atoms with van der Waals surface area (Å²) in [5.74, 6) is -0.827. The van der Waals surface area contributed by atoms with Gasteiger partial charge in [-0.2, -0.15) is 0 Å². The molecule has 0 aromatic rings. The molecular weight excluding hydrogens is 412 g/mol. The van der Waals surface area contributed by atoms with E-state index in [-0.39, 0.29) is 41.3 Å². The number of methoxy groups -OCH3 is 1. The van der Waals surface area contributed by atoms with E-state index >= 15 is 0 Å². The molecule has 0 amide bonds. The number of hydrogen-bond acceptors (Lipinski definition) is 7. The Balaban J connectivity index is 1.69. The molecule has 1 N–H and O–H groups in total. The van der Waals surface area contributed by atoms with Crippen molar-refractivity contribution in [1.82, 2.24) is 0 Å². The average molecular weight is 451 g/mol. The van der Waals surface area contributed by atoms with Gasteiger partial charge in [0.1, 0.15) is 12.2 Å². The van der Waals surface area contributed by atoms with E-state index < -0.39 is 23.0 Å². The summed E-state index contributed by atoms with van der Waals surface area (Å²) in [5.41, 5.74) is -1.99. The standard InChI is InChI=1S/C25H38O7/c1-14(26)31-17-8-10-23(3)16(12-17)6-7-18-20(23)13-21(32-15(2)27)24(4)19(22(28)30-5)9-11-25(18,24)29/h16-21,29H,6-13H2,1-5H3. The summed E-state index contributed by atoms with van der Waals surface area (Å²) in [5, 5.41) is 12.3. The molecule has 0 aromatic heterocycles. The van der Waals surface area contributed by atoms with Crippen molar-refractivity contribution in [3.63, 3.8) is 0 Å². The van der Waals surface area contributed by atoms with E-state index in [1.807, 2.05) is 6.92 Å². The summed E-state index contributed by atoms with van der Waals surface area (Å²) in [6, 6.07) is 0. The summed E-state index contributed by atoms with van der Waals surface area (Å²) in [6.45, 7) is 7.09. The van der Waals surface area contributed by atoms with Crippen molar-refractivity contribution < 1.29 is 33.7 Å². The average Bonchev–Trinajstić information content (AvgIpc) is 3.00. The topological polar surface area (TPSA) is 99.1 Å². The van der Waals surface area contributed by atoms with Crippen LogP contribution in [-0.4, -0.2) is 47.9 Å². The fraction of sp³-hybridized carbons (Fsp3) is 0.880. The van der Waals surface area contributed by atoms with E-state index in [0.717, 1.165) is 32.1 Å². The number of aliphatic hydroxyl groups is 1. The number of carbonyl (C=O) groups is 3. The van der Waals surface area contributed by atoms with Crippen molar-refractivity contribution in [3.8, 4) is 0 Å². The number of carbonyl (C=O) groups excluding carboxylic acids is 3. The first-order valence-electron chi connectivity index (χ1n) is 12.1. The van der Waals surface area contributed by atoms with Gasteiger partial charge in [0.2, 0.25) is 0 Å². The fourth-order valence-electron chi connectivity index (χ4n) is 8.38. The summed E-state index contributed by atoms with van der Waals surface area (Å²) in [7, 11) is 1.38. The number of fused-ring (bicyclic) bond motifs is 5. The van der Waals surface area contributed by atoms with Crippen LogP contribution < -0.4 is 0 Å². The van der Waals surface area contributed by atoms with Crippen molar-refractivity contribution >= 4 is 17.9 Å². The lowest BCUT2D eigenvalue weighted by Gasteiger charge is -2.64. The maximum atomic E-state index is 12.7. The van der Waals surface area contributed by atoms with Gasteiger partial charge < -0.3 is 19.3 Å². The van der Waals surface area contributed by atoms with Crippen molar-refractivity contribution in [3.05, 3.63) is 0 Å². The molecule has 7 nitrogen and oxygen atoms in total. The summed E-state index contributed by atoms with van der Waals surface area (Å²) in [6.07, 6.45) is 5.51. The Morgan fingerprint density at radius 3 is 2.19 bits per heavy atom. The maximum absolute atomic E-state index is 12.7. The van der Waals surface area contributed by atoms with Gasteiger partial charge in [0.15, 0.2) is 0 Å². The van der Waals surface area contributed by atoms with E-state index in [0.29, 0.717) is 25.2 Å². The van der Waals surface area contributed by atoms with Crippen LogP contribution in [0.25, 0.3) is 0 Å². The van der Waals surface area contributed by atoms with Crippen molar-refractivity contribution in [2.45, 2.75) is 96.9 Å². The van der Waals surface area contributed by atoms with Gasteiger partial charge in [-0.15, -0.1) is 0 Å². The largest absolute Gasteiger partial charge is 0.469 e. The molecule has 0 aromatic carbocycles. The predicted molar refractivity (Wildman–Crippen MR) is 115 cm³/mol. The first-order chi connectivity index (χ1) is 15.0. The Hall–Kier alpha value is -1.63. The Morgan fingerprint density at radius 2 is 1.56 bits per heavy atom. The highest BCUT2D eigenvalue weighted by molar-refractivity contribution is 5.75. The number of esters is 3. The Bertz CT molecular complexity index is 795. The highest BCUT2D eigenvalue weighted by Gasteiger charge is 2.72. The minimum Gasteiger partial charge on any atom is -0.469 e. The number of rotatable bonds is 3.